The summed E-state index contributed by atoms with van der Waals surface area (Å²) < 4.78 is 51.2. The monoisotopic (exact) mass is 957 g/mol. The third-order valence-corrected chi connectivity index (χ3v) is 15.3. The molecule has 0 aromatic rings. The van der Waals surface area contributed by atoms with Crippen LogP contribution in [0.2, 0.25) is 0 Å². The number of ketones is 1. The lowest BCUT2D eigenvalue weighted by atomic mass is 9.70. The molecular formula is C48H80INO10. The zero-order valence-electron chi connectivity index (χ0n) is 38.6. The largest absolute Gasteiger partial charge is 1.00 e. The van der Waals surface area contributed by atoms with Gasteiger partial charge >= 0.3 is 5.97 Å². The Bertz CT molecular complexity index is 1440. The maximum absolute atomic E-state index is 14.9. The number of carbonyl (C=O) groups excluding carboxylic acids is 2. The Balaban J connectivity index is 0.00000683. The van der Waals surface area contributed by atoms with Gasteiger partial charge in [-0.05, 0) is 94.5 Å². The molecule has 3 aliphatic carbocycles. The van der Waals surface area contributed by atoms with Crippen molar-refractivity contribution in [3.05, 3.63) is 23.8 Å². The summed E-state index contributed by atoms with van der Waals surface area (Å²) in [5.41, 5.74) is 0.773. The number of rotatable bonds is 15. The van der Waals surface area contributed by atoms with E-state index in [1.807, 2.05) is 13.8 Å². The van der Waals surface area contributed by atoms with Crippen LogP contribution in [0.5, 0.6) is 0 Å². The van der Waals surface area contributed by atoms with Crippen LogP contribution >= 0.6 is 0 Å². The molecule has 0 unspecified atom stereocenters. The predicted octanol–water partition coefficient (Wildman–Crippen LogP) is 4.98. The molecule has 6 rings (SSSR count). The molecule has 3 heterocycles. The summed E-state index contributed by atoms with van der Waals surface area (Å²) in [4.78, 5) is 28.5. The minimum atomic E-state index is -0.596. The highest BCUT2D eigenvalue weighted by atomic mass is 127. The lowest BCUT2D eigenvalue weighted by molar-refractivity contribution is -0.920. The minimum absolute atomic E-state index is 0. The van der Waals surface area contributed by atoms with E-state index in [1.54, 1.807) is 21.3 Å². The number of likely N-dealkylation sites (N-methyl/N-ethyl adjacent to an activating group) is 1. The molecule has 0 N–H and O–H groups in total. The summed E-state index contributed by atoms with van der Waals surface area (Å²) in [7, 11) is 9.70. The van der Waals surface area contributed by atoms with Crippen LogP contribution in [-0.2, 0) is 47.5 Å². The van der Waals surface area contributed by atoms with Crippen molar-refractivity contribution in [2.24, 2.45) is 35.5 Å². The summed E-state index contributed by atoms with van der Waals surface area (Å²) in [6.45, 7) is 11.7. The third kappa shape index (κ3) is 11.5. The number of ether oxygens (including phenoxy) is 8. The van der Waals surface area contributed by atoms with Crippen molar-refractivity contribution in [3.63, 3.8) is 0 Å². The Hall–Kier alpha value is -0.970. The van der Waals surface area contributed by atoms with Crippen LogP contribution in [-0.4, -0.2) is 126 Å². The van der Waals surface area contributed by atoms with Crippen molar-refractivity contribution < 1.29 is 75.9 Å². The van der Waals surface area contributed by atoms with Gasteiger partial charge in [0.2, 0.25) is 0 Å². The number of cyclic esters (lactones) is 1. The van der Waals surface area contributed by atoms with E-state index in [9.17, 15) is 9.59 Å². The molecule has 0 spiro atoms. The Morgan fingerprint density at radius 1 is 0.783 bits per heavy atom. The van der Waals surface area contributed by atoms with Crippen LogP contribution in [0.25, 0.3) is 0 Å². The summed E-state index contributed by atoms with van der Waals surface area (Å²) in [5.74, 6) is 0.0211. The maximum atomic E-state index is 14.9. The second kappa shape index (κ2) is 22.8. The number of nitrogens with zero attached hydrogens (tertiary/aromatic N) is 1. The zero-order valence-corrected chi connectivity index (χ0v) is 40.7. The van der Waals surface area contributed by atoms with E-state index < -0.39 is 12.4 Å². The van der Waals surface area contributed by atoms with E-state index in [0.717, 1.165) is 61.5 Å². The van der Waals surface area contributed by atoms with Gasteiger partial charge in [-0.15, -0.1) is 0 Å². The minimum Gasteiger partial charge on any atom is -1.00 e. The Morgan fingerprint density at radius 2 is 1.52 bits per heavy atom. The number of carbonyl (C=O) groups is 2. The molecule has 1 saturated carbocycles. The molecule has 0 bridgehead atoms. The van der Waals surface area contributed by atoms with E-state index in [-0.39, 0.29) is 121 Å². The van der Waals surface area contributed by atoms with Gasteiger partial charge in [0.15, 0.2) is 18.4 Å². The first-order valence-corrected chi connectivity index (χ1v) is 23.5. The van der Waals surface area contributed by atoms with E-state index in [1.165, 1.54) is 32.1 Å². The average molecular weight is 958 g/mol. The average Bonchev–Trinajstić information content (AvgIpc) is 3.79. The number of unbranched alkanes of at least 4 members (excludes halogenated alkanes) is 4. The van der Waals surface area contributed by atoms with Crippen molar-refractivity contribution in [1.82, 2.24) is 0 Å². The van der Waals surface area contributed by atoms with E-state index in [2.05, 4.69) is 53.1 Å². The molecule has 17 atom stereocenters. The van der Waals surface area contributed by atoms with Crippen molar-refractivity contribution >= 4 is 11.8 Å². The molecular weight excluding hydrogens is 877 g/mol. The molecule has 6 aliphatic rings. The van der Waals surface area contributed by atoms with Gasteiger partial charge in [0.25, 0.3) is 0 Å². The van der Waals surface area contributed by atoms with Gasteiger partial charge in [0.1, 0.15) is 36.6 Å². The number of methoxy groups -OCH3 is 3. The standard InChI is InChI=1S/C48H80NO10.HI/c1-11-13-14-15-16-24-49(6,7)40-22-23-43(55-30(40)4)59-41-19-17-18-33(12-2)57-42(50)28-38-35-21-20-32-25-34(26-36(32)37(35)27-39(38)44(51)29(41)3)58-48-47(54-10)46(53-9)45(52-8)31(5)56-48;/h20-21,27,29-38,40-41,43,45-48H,11-19,22-26,28H2,1-10H3;1H/q+1;/p-1/t29-,30-,31+,32-,33+,34-,35-,36-,37-,38+,40+,41+,43+,45+,46-,47-,48+;/m1./s1. The van der Waals surface area contributed by atoms with Crippen LogP contribution < -0.4 is 24.0 Å². The number of fused-ring (bicyclic) bond motifs is 5. The molecule has 0 aromatic carbocycles. The van der Waals surface area contributed by atoms with Gasteiger partial charge in [0, 0.05) is 46.0 Å². The van der Waals surface area contributed by atoms with Crippen molar-refractivity contribution in [2.75, 3.05) is 42.0 Å². The van der Waals surface area contributed by atoms with Crippen LogP contribution in [0.15, 0.2) is 23.8 Å². The fourth-order valence-electron chi connectivity index (χ4n) is 11.9. The first-order valence-electron chi connectivity index (χ1n) is 23.5. The lowest BCUT2D eigenvalue weighted by Crippen LogP contribution is -3.00. The number of hydrogen-bond acceptors (Lipinski definition) is 10. The molecule has 0 radical (unpaired) electrons. The maximum Gasteiger partial charge on any atom is 0.306 e. The van der Waals surface area contributed by atoms with Gasteiger partial charge in [-0.25, -0.2) is 0 Å². The quantitative estimate of drug-likeness (QED) is 0.0735. The number of Topliss-reactive ketones (excluding diaryl/α,β-unsaturated/α-hetero) is 1. The molecule has 3 aliphatic heterocycles. The highest BCUT2D eigenvalue weighted by Gasteiger charge is 2.53. The number of esters is 1. The van der Waals surface area contributed by atoms with E-state index in [4.69, 9.17) is 37.9 Å². The lowest BCUT2D eigenvalue weighted by Gasteiger charge is -2.45. The Morgan fingerprint density at radius 3 is 2.20 bits per heavy atom. The van der Waals surface area contributed by atoms with Gasteiger partial charge in [0.05, 0.1) is 45.4 Å². The first-order chi connectivity index (χ1) is 28.3. The molecule has 4 fully saturated rings. The zero-order chi connectivity index (χ0) is 42.4. The smallest absolute Gasteiger partial charge is 0.306 e. The normalized spacial score (nSPS) is 41.2. The Kier molecular flexibility index (Phi) is 19.0. The van der Waals surface area contributed by atoms with Crippen LogP contribution in [0, 0.1) is 35.5 Å². The summed E-state index contributed by atoms with van der Waals surface area (Å²) in [5, 5.41) is 0. The molecule has 0 aromatic heterocycles. The van der Waals surface area contributed by atoms with E-state index in [0.29, 0.717) is 18.4 Å². The number of quaternary nitrogens is 1. The van der Waals surface area contributed by atoms with Crippen LogP contribution in [0.3, 0.4) is 0 Å². The van der Waals surface area contributed by atoms with Crippen molar-refractivity contribution in [1.29, 1.82) is 0 Å². The summed E-state index contributed by atoms with van der Waals surface area (Å²) >= 11 is 0. The second-order valence-electron chi connectivity index (χ2n) is 19.5. The summed E-state index contributed by atoms with van der Waals surface area (Å²) in [6.07, 6.45) is 17.4. The fraction of sp³-hybridized carbons (Fsp3) is 0.875. The SMILES string of the molecule is CCCCCCC[N+](C)(C)[C@H]1CC[C@H](O[C@H]2CCC[C@H](CC)OC(=O)C[C@@H]3C(=C[C@@H]4[C@H]3C=C[C@@H]3C[C@@H](O[C@@H]5O[C@@H](C)[C@H](OC)[C@@H](OC)[C@H]5OC)C[C@@H]43)C(=O)[C@@H]2C)O[C@@H]1C.[I-]. The third-order valence-electron chi connectivity index (χ3n) is 15.3. The highest BCUT2D eigenvalue weighted by molar-refractivity contribution is 5.99. The van der Waals surface area contributed by atoms with Crippen molar-refractivity contribution in [2.45, 2.75) is 192 Å². The summed E-state index contributed by atoms with van der Waals surface area (Å²) in [6, 6.07) is 0.409. The fourth-order valence-corrected chi connectivity index (χ4v) is 11.9. The molecule has 12 heteroatoms. The van der Waals surface area contributed by atoms with Gasteiger partial charge in [-0.3, -0.25) is 9.59 Å². The van der Waals surface area contributed by atoms with Gasteiger partial charge in [-0.1, -0.05) is 58.3 Å². The van der Waals surface area contributed by atoms with Gasteiger partial charge < -0.3 is 66.4 Å². The highest BCUT2D eigenvalue weighted by Crippen LogP contribution is 2.54. The molecule has 60 heavy (non-hydrogen) atoms. The molecule has 0 amide bonds. The van der Waals surface area contributed by atoms with Gasteiger partial charge in [-0.2, -0.15) is 0 Å². The number of hydrogen-bond donors (Lipinski definition) is 0. The van der Waals surface area contributed by atoms with Crippen LogP contribution in [0.1, 0.15) is 125 Å². The van der Waals surface area contributed by atoms with Crippen LogP contribution in [0.4, 0.5) is 0 Å². The predicted molar refractivity (Wildman–Crippen MR) is 226 cm³/mol. The van der Waals surface area contributed by atoms with Crippen molar-refractivity contribution in [3.8, 4) is 0 Å². The number of halogens is 1. The second-order valence-corrected chi connectivity index (χ2v) is 19.5. The topological polar surface area (TPSA) is 108 Å². The molecule has 344 valence electrons. The first kappa shape index (κ1) is 50.0. The van der Waals surface area contributed by atoms with E-state index >= 15 is 0 Å². The molecule has 3 saturated heterocycles. The molecule has 11 nitrogen and oxygen atoms in total. The number of allylic oxidation sites excluding steroid dienone is 4. The Labute approximate surface area is 379 Å².